The molecule has 0 fully saturated rings. The molecule has 1 rings (SSSR count). The molecular weight excluding hydrogens is 246 g/mol. The van der Waals surface area contributed by atoms with E-state index in [1.165, 1.54) is 0 Å². The van der Waals surface area contributed by atoms with Crippen LogP contribution in [-0.2, 0) is 0 Å². The molecule has 3 N–H and O–H groups in total. The van der Waals surface area contributed by atoms with E-state index in [1.54, 1.807) is 0 Å². The molecule has 70 valence electrons. The van der Waals surface area contributed by atoms with E-state index in [0.29, 0.717) is 0 Å². The second kappa shape index (κ2) is 3.09. The highest BCUT2D eigenvalue weighted by atomic mass is 79.9. The lowest BCUT2D eigenvalue weighted by molar-refractivity contribution is -0.386. The van der Waals surface area contributed by atoms with Gasteiger partial charge in [-0.25, -0.2) is 0 Å². The average molecular weight is 250 g/mol. The third-order valence-electron chi connectivity index (χ3n) is 1.38. The van der Waals surface area contributed by atoms with Gasteiger partial charge in [-0.05, 0) is 15.9 Å². The van der Waals surface area contributed by atoms with Gasteiger partial charge < -0.3 is 15.3 Å². The van der Waals surface area contributed by atoms with Crippen molar-refractivity contribution in [2.45, 2.75) is 0 Å². The van der Waals surface area contributed by atoms with Gasteiger partial charge in [0.25, 0.3) is 0 Å². The molecule has 0 bridgehead atoms. The monoisotopic (exact) mass is 249 g/mol. The van der Waals surface area contributed by atoms with Crippen LogP contribution in [0.2, 0.25) is 0 Å². The number of aromatic hydroxyl groups is 3. The first-order valence-corrected chi connectivity index (χ1v) is 3.82. The summed E-state index contributed by atoms with van der Waals surface area (Å²) in [6.07, 6.45) is 0. The zero-order chi connectivity index (χ0) is 10.2. The van der Waals surface area contributed by atoms with Crippen LogP contribution in [-0.4, -0.2) is 20.2 Å². The van der Waals surface area contributed by atoms with Gasteiger partial charge in [0.05, 0.1) is 9.40 Å². The molecule has 0 amide bonds. The summed E-state index contributed by atoms with van der Waals surface area (Å²) in [6, 6.07) is 0.893. The Morgan fingerprint density at radius 2 is 1.77 bits per heavy atom. The lowest BCUT2D eigenvalue weighted by Crippen LogP contribution is -1.89. The molecule has 0 aliphatic heterocycles. The number of nitro groups is 1. The molecule has 0 saturated carbocycles. The third kappa shape index (κ3) is 1.50. The van der Waals surface area contributed by atoms with Gasteiger partial charge in [0.1, 0.15) is 0 Å². The quantitative estimate of drug-likeness (QED) is 0.397. The maximum absolute atomic E-state index is 10.3. The Labute approximate surface area is 80.3 Å². The summed E-state index contributed by atoms with van der Waals surface area (Å²) in [5.41, 5.74) is -0.679. The fourth-order valence-electron chi connectivity index (χ4n) is 0.742. The molecule has 0 saturated heterocycles. The molecule has 6 nitrogen and oxygen atoms in total. The summed E-state index contributed by atoms with van der Waals surface area (Å²) in [7, 11) is 0. The number of phenols is 3. The maximum atomic E-state index is 10.3. The standard InChI is InChI=1S/C6H4BrNO5/c7-2-1-3(8(12)13)5(10)6(11)4(2)9/h1,9-11H. The lowest BCUT2D eigenvalue weighted by Gasteiger charge is -2.02. The van der Waals surface area contributed by atoms with Crippen molar-refractivity contribution in [3.05, 3.63) is 20.7 Å². The van der Waals surface area contributed by atoms with Gasteiger partial charge in [0, 0.05) is 6.07 Å². The summed E-state index contributed by atoms with van der Waals surface area (Å²) in [5, 5.41) is 37.3. The summed E-state index contributed by atoms with van der Waals surface area (Å²) in [6.45, 7) is 0. The van der Waals surface area contributed by atoms with Crippen LogP contribution < -0.4 is 0 Å². The van der Waals surface area contributed by atoms with Crippen molar-refractivity contribution in [2.75, 3.05) is 0 Å². The van der Waals surface area contributed by atoms with Gasteiger partial charge in [-0.1, -0.05) is 0 Å². The fourth-order valence-corrected chi connectivity index (χ4v) is 1.15. The zero-order valence-corrected chi connectivity index (χ0v) is 7.65. The van der Waals surface area contributed by atoms with Gasteiger partial charge in [0.15, 0.2) is 5.75 Å². The second-order valence-electron chi connectivity index (χ2n) is 2.18. The van der Waals surface area contributed by atoms with Crippen LogP contribution in [0, 0.1) is 10.1 Å². The Hall–Kier alpha value is -1.50. The molecular formula is C6H4BrNO5. The minimum absolute atomic E-state index is 0.0606. The Balaban J connectivity index is 3.50. The topological polar surface area (TPSA) is 104 Å². The number of halogens is 1. The number of benzene rings is 1. The molecule has 0 heterocycles. The van der Waals surface area contributed by atoms with E-state index in [4.69, 9.17) is 15.3 Å². The van der Waals surface area contributed by atoms with Gasteiger partial charge >= 0.3 is 5.69 Å². The summed E-state index contributed by atoms with van der Waals surface area (Å²) >= 11 is 2.77. The first-order valence-electron chi connectivity index (χ1n) is 3.03. The number of hydrogen-bond acceptors (Lipinski definition) is 5. The van der Waals surface area contributed by atoms with E-state index >= 15 is 0 Å². The molecule has 1 aromatic rings. The number of nitro benzene ring substituents is 1. The highest BCUT2D eigenvalue weighted by Gasteiger charge is 2.22. The fraction of sp³-hybridized carbons (Fsp3) is 0. The highest BCUT2D eigenvalue weighted by molar-refractivity contribution is 9.10. The minimum Gasteiger partial charge on any atom is -0.503 e. The van der Waals surface area contributed by atoms with Crippen molar-refractivity contribution < 1.29 is 20.2 Å². The van der Waals surface area contributed by atoms with Crippen LogP contribution in [0.15, 0.2) is 10.5 Å². The first kappa shape index (κ1) is 9.59. The predicted molar refractivity (Wildman–Crippen MR) is 45.8 cm³/mol. The summed E-state index contributed by atoms with van der Waals surface area (Å²) in [4.78, 5) is 9.39. The van der Waals surface area contributed by atoms with Gasteiger partial charge in [0.2, 0.25) is 11.5 Å². The Kier molecular flexibility index (Phi) is 2.28. The van der Waals surface area contributed by atoms with Crippen LogP contribution in [0.1, 0.15) is 0 Å². The summed E-state index contributed by atoms with van der Waals surface area (Å²) in [5.74, 6) is -2.50. The van der Waals surface area contributed by atoms with Gasteiger partial charge in [-0.3, -0.25) is 10.1 Å². The molecule has 0 atom stereocenters. The van der Waals surface area contributed by atoms with Crippen molar-refractivity contribution in [3.63, 3.8) is 0 Å². The van der Waals surface area contributed by atoms with E-state index in [9.17, 15) is 10.1 Å². The van der Waals surface area contributed by atoms with Crippen molar-refractivity contribution in [1.29, 1.82) is 0 Å². The van der Waals surface area contributed by atoms with Crippen molar-refractivity contribution in [3.8, 4) is 17.2 Å². The Morgan fingerprint density at radius 1 is 1.23 bits per heavy atom. The van der Waals surface area contributed by atoms with E-state index < -0.39 is 27.9 Å². The van der Waals surface area contributed by atoms with Crippen LogP contribution in [0.5, 0.6) is 17.2 Å². The predicted octanol–water partition coefficient (Wildman–Crippen LogP) is 1.47. The largest absolute Gasteiger partial charge is 0.503 e. The smallest absolute Gasteiger partial charge is 0.316 e. The normalized spacial score (nSPS) is 9.92. The molecule has 0 radical (unpaired) electrons. The van der Waals surface area contributed by atoms with Gasteiger partial charge in [-0.15, -0.1) is 0 Å². The average Bonchev–Trinajstić information content (AvgIpc) is 2.07. The highest BCUT2D eigenvalue weighted by Crippen LogP contribution is 2.45. The van der Waals surface area contributed by atoms with E-state index in [0.717, 1.165) is 6.07 Å². The molecule has 7 heteroatoms. The molecule has 0 spiro atoms. The number of phenolic OH excluding ortho intramolecular Hbond substituents is 3. The van der Waals surface area contributed by atoms with E-state index in [-0.39, 0.29) is 4.47 Å². The number of rotatable bonds is 1. The van der Waals surface area contributed by atoms with Gasteiger partial charge in [-0.2, -0.15) is 0 Å². The van der Waals surface area contributed by atoms with E-state index in [2.05, 4.69) is 15.9 Å². The van der Waals surface area contributed by atoms with Crippen LogP contribution in [0.3, 0.4) is 0 Å². The molecule has 13 heavy (non-hydrogen) atoms. The van der Waals surface area contributed by atoms with Crippen molar-refractivity contribution in [1.82, 2.24) is 0 Å². The lowest BCUT2D eigenvalue weighted by atomic mass is 10.2. The van der Waals surface area contributed by atoms with Crippen LogP contribution >= 0.6 is 15.9 Å². The number of hydrogen-bond donors (Lipinski definition) is 3. The Morgan fingerprint density at radius 3 is 2.23 bits per heavy atom. The molecule has 0 aromatic heterocycles. The maximum Gasteiger partial charge on any atom is 0.316 e. The zero-order valence-electron chi connectivity index (χ0n) is 6.06. The number of nitrogens with zero attached hydrogens (tertiary/aromatic N) is 1. The minimum atomic E-state index is -0.953. The Bertz CT molecular complexity index is 378. The van der Waals surface area contributed by atoms with Crippen molar-refractivity contribution >= 4 is 21.6 Å². The molecule has 0 unspecified atom stereocenters. The van der Waals surface area contributed by atoms with Crippen molar-refractivity contribution in [2.24, 2.45) is 0 Å². The SMILES string of the molecule is O=[N+]([O-])c1cc(Br)c(O)c(O)c1O. The summed E-state index contributed by atoms with van der Waals surface area (Å²) < 4.78 is -0.0606. The second-order valence-corrected chi connectivity index (χ2v) is 3.03. The van der Waals surface area contributed by atoms with Crippen LogP contribution in [0.4, 0.5) is 5.69 Å². The van der Waals surface area contributed by atoms with E-state index in [1.807, 2.05) is 0 Å². The molecule has 0 aliphatic rings. The molecule has 0 aliphatic carbocycles. The first-order chi connectivity index (χ1) is 5.95. The third-order valence-corrected chi connectivity index (χ3v) is 1.98. The van der Waals surface area contributed by atoms with Crippen LogP contribution in [0.25, 0.3) is 0 Å². The molecule has 1 aromatic carbocycles.